The topological polar surface area (TPSA) is 54.0 Å². The van der Waals surface area contributed by atoms with Crippen LogP contribution in [-0.4, -0.2) is 62.8 Å². The van der Waals surface area contributed by atoms with Gasteiger partial charge in [-0.15, -0.1) is 0 Å². The summed E-state index contributed by atoms with van der Waals surface area (Å²) >= 11 is 0. The number of carbonyl (C=O) groups excluding carboxylic acids is 1. The Morgan fingerprint density at radius 2 is 1.39 bits per heavy atom. The van der Waals surface area contributed by atoms with E-state index in [0.29, 0.717) is 6.54 Å². The molecule has 1 saturated heterocycles. The lowest BCUT2D eigenvalue weighted by molar-refractivity contribution is 0.135. The van der Waals surface area contributed by atoms with Crippen LogP contribution in [0.15, 0.2) is 48.5 Å². The molecule has 3 rings (SSSR count). The van der Waals surface area contributed by atoms with Crippen LogP contribution in [0.2, 0.25) is 0 Å². The molecule has 6 nitrogen and oxygen atoms in total. The molecule has 0 spiro atoms. The van der Waals surface area contributed by atoms with Gasteiger partial charge in [-0.1, -0.05) is 24.3 Å². The lowest BCUT2D eigenvalue weighted by atomic mass is 10.1. The SMILES string of the molecule is COc1ccc(CCNC(=O)N2CCN(Cc3ccc(OC)cc3)CC2)cc1. The van der Waals surface area contributed by atoms with Crippen LogP contribution in [0.25, 0.3) is 0 Å². The largest absolute Gasteiger partial charge is 0.497 e. The van der Waals surface area contributed by atoms with Crippen LogP contribution in [0, 0.1) is 0 Å². The fourth-order valence-electron chi connectivity index (χ4n) is 3.32. The molecule has 1 heterocycles. The number of ether oxygens (including phenoxy) is 2. The summed E-state index contributed by atoms with van der Waals surface area (Å²) in [6.07, 6.45) is 0.813. The normalized spacial score (nSPS) is 14.6. The number of hydrogen-bond donors (Lipinski definition) is 1. The lowest BCUT2D eigenvalue weighted by Crippen LogP contribution is -2.51. The Morgan fingerprint density at radius 3 is 1.93 bits per heavy atom. The van der Waals surface area contributed by atoms with Gasteiger partial charge < -0.3 is 19.7 Å². The molecule has 0 bridgehead atoms. The molecule has 0 unspecified atom stereocenters. The van der Waals surface area contributed by atoms with Crippen molar-refractivity contribution in [2.45, 2.75) is 13.0 Å². The van der Waals surface area contributed by atoms with Gasteiger partial charge in [-0.2, -0.15) is 0 Å². The maximum absolute atomic E-state index is 12.4. The van der Waals surface area contributed by atoms with Crippen LogP contribution >= 0.6 is 0 Å². The van der Waals surface area contributed by atoms with Crippen molar-refractivity contribution in [3.05, 3.63) is 59.7 Å². The van der Waals surface area contributed by atoms with Crippen molar-refractivity contribution in [3.63, 3.8) is 0 Å². The van der Waals surface area contributed by atoms with Crippen molar-refractivity contribution in [2.24, 2.45) is 0 Å². The van der Waals surface area contributed by atoms with E-state index in [1.807, 2.05) is 41.3 Å². The minimum Gasteiger partial charge on any atom is -0.497 e. The Bertz CT molecular complexity index is 739. The van der Waals surface area contributed by atoms with E-state index in [0.717, 1.165) is 50.6 Å². The third-order valence-corrected chi connectivity index (χ3v) is 5.07. The summed E-state index contributed by atoms with van der Waals surface area (Å²) in [6, 6.07) is 16.1. The molecule has 2 aromatic rings. The first-order valence-electron chi connectivity index (χ1n) is 9.69. The van der Waals surface area contributed by atoms with Crippen molar-refractivity contribution < 1.29 is 14.3 Å². The Hall–Kier alpha value is -2.73. The average Bonchev–Trinajstić information content (AvgIpc) is 2.75. The lowest BCUT2D eigenvalue weighted by Gasteiger charge is -2.34. The van der Waals surface area contributed by atoms with Crippen LogP contribution in [-0.2, 0) is 13.0 Å². The Kier molecular flexibility index (Phi) is 7.14. The third kappa shape index (κ3) is 5.63. The molecular formula is C22H29N3O3. The van der Waals surface area contributed by atoms with Crippen molar-refractivity contribution in [1.29, 1.82) is 0 Å². The molecule has 28 heavy (non-hydrogen) atoms. The second-order valence-corrected chi connectivity index (χ2v) is 6.94. The summed E-state index contributed by atoms with van der Waals surface area (Å²) < 4.78 is 10.4. The summed E-state index contributed by atoms with van der Waals surface area (Å²) in [5, 5.41) is 3.03. The van der Waals surface area contributed by atoms with Gasteiger partial charge in [0, 0.05) is 39.3 Å². The van der Waals surface area contributed by atoms with E-state index in [4.69, 9.17) is 9.47 Å². The molecular weight excluding hydrogens is 354 g/mol. The van der Waals surface area contributed by atoms with E-state index in [1.165, 1.54) is 11.1 Å². The van der Waals surface area contributed by atoms with Crippen LogP contribution in [0.1, 0.15) is 11.1 Å². The second kappa shape index (κ2) is 9.99. The maximum atomic E-state index is 12.4. The van der Waals surface area contributed by atoms with Crippen molar-refractivity contribution >= 4 is 6.03 Å². The molecule has 6 heteroatoms. The number of amides is 2. The number of methoxy groups -OCH3 is 2. The average molecular weight is 383 g/mol. The van der Waals surface area contributed by atoms with E-state index >= 15 is 0 Å². The predicted molar refractivity (Wildman–Crippen MR) is 110 cm³/mol. The molecule has 0 aromatic heterocycles. The molecule has 0 saturated carbocycles. The number of nitrogens with zero attached hydrogens (tertiary/aromatic N) is 2. The quantitative estimate of drug-likeness (QED) is 0.799. The second-order valence-electron chi connectivity index (χ2n) is 6.94. The highest BCUT2D eigenvalue weighted by atomic mass is 16.5. The number of piperazine rings is 1. The summed E-state index contributed by atoms with van der Waals surface area (Å²) in [4.78, 5) is 16.7. The first kappa shape index (κ1) is 20.0. The van der Waals surface area contributed by atoms with Crippen LogP contribution in [0.4, 0.5) is 4.79 Å². The van der Waals surface area contributed by atoms with Gasteiger partial charge in [0.2, 0.25) is 0 Å². The molecule has 1 N–H and O–H groups in total. The number of nitrogens with one attached hydrogen (secondary N) is 1. The fraction of sp³-hybridized carbons (Fsp3) is 0.409. The zero-order valence-corrected chi connectivity index (χ0v) is 16.7. The molecule has 150 valence electrons. The molecule has 1 aliphatic rings. The van der Waals surface area contributed by atoms with Crippen molar-refractivity contribution in [2.75, 3.05) is 46.9 Å². The predicted octanol–water partition coefficient (Wildman–Crippen LogP) is 2.77. The molecule has 0 atom stereocenters. The Balaban J connectivity index is 1.37. The first-order valence-corrected chi connectivity index (χ1v) is 9.69. The van der Waals surface area contributed by atoms with Crippen LogP contribution in [0.3, 0.4) is 0 Å². The van der Waals surface area contributed by atoms with Gasteiger partial charge in [-0.25, -0.2) is 4.79 Å². The highest BCUT2D eigenvalue weighted by Crippen LogP contribution is 2.14. The summed E-state index contributed by atoms with van der Waals surface area (Å²) in [5.41, 5.74) is 2.45. The van der Waals surface area contributed by atoms with E-state index in [-0.39, 0.29) is 6.03 Å². The van der Waals surface area contributed by atoms with Gasteiger partial charge in [0.15, 0.2) is 0 Å². The Labute approximate surface area is 167 Å². The third-order valence-electron chi connectivity index (χ3n) is 5.07. The monoisotopic (exact) mass is 383 g/mol. The number of urea groups is 1. The zero-order chi connectivity index (χ0) is 19.8. The summed E-state index contributed by atoms with van der Waals surface area (Å²) in [5.74, 6) is 1.72. The minimum atomic E-state index is 0.0256. The number of hydrogen-bond acceptors (Lipinski definition) is 4. The molecule has 2 amide bonds. The van der Waals surface area contributed by atoms with Gasteiger partial charge in [-0.05, 0) is 41.8 Å². The van der Waals surface area contributed by atoms with E-state index in [9.17, 15) is 4.79 Å². The number of rotatable bonds is 7. The van der Waals surface area contributed by atoms with Crippen LogP contribution in [0.5, 0.6) is 11.5 Å². The maximum Gasteiger partial charge on any atom is 0.317 e. The summed E-state index contributed by atoms with van der Waals surface area (Å²) in [7, 11) is 3.34. The molecule has 1 aliphatic heterocycles. The molecule has 1 fully saturated rings. The smallest absolute Gasteiger partial charge is 0.317 e. The number of benzene rings is 2. The molecule has 0 aliphatic carbocycles. The van der Waals surface area contributed by atoms with E-state index < -0.39 is 0 Å². The van der Waals surface area contributed by atoms with Gasteiger partial charge in [0.05, 0.1) is 14.2 Å². The van der Waals surface area contributed by atoms with Crippen molar-refractivity contribution in [1.82, 2.24) is 15.1 Å². The highest BCUT2D eigenvalue weighted by molar-refractivity contribution is 5.74. The van der Waals surface area contributed by atoms with Gasteiger partial charge in [0.25, 0.3) is 0 Å². The standard InChI is InChI=1S/C22H29N3O3/c1-27-20-7-3-18(4-8-20)11-12-23-22(26)25-15-13-24(14-16-25)17-19-5-9-21(28-2)10-6-19/h3-10H,11-17H2,1-2H3,(H,23,26). The highest BCUT2D eigenvalue weighted by Gasteiger charge is 2.20. The van der Waals surface area contributed by atoms with Crippen molar-refractivity contribution in [3.8, 4) is 11.5 Å². The van der Waals surface area contributed by atoms with E-state index in [1.54, 1.807) is 14.2 Å². The van der Waals surface area contributed by atoms with Gasteiger partial charge >= 0.3 is 6.03 Å². The Morgan fingerprint density at radius 1 is 0.857 bits per heavy atom. The fourth-order valence-corrected chi connectivity index (χ4v) is 3.32. The van der Waals surface area contributed by atoms with Crippen LogP contribution < -0.4 is 14.8 Å². The molecule has 0 radical (unpaired) electrons. The minimum absolute atomic E-state index is 0.0256. The number of carbonyl (C=O) groups is 1. The van der Waals surface area contributed by atoms with Gasteiger partial charge in [0.1, 0.15) is 11.5 Å². The zero-order valence-electron chi connectivity index (χ0n) is 16.7. The molecule has 2 aromatic carbocycles. The summed E-state index contributed by atoms with van der Waals surface area (Å²) in [6.45, 7) is 4.82. The first-order chi connectivity index (χ1) is 13.7. The van der Waals surface area contributed by atoms with Gasteiger partial charge in [-0.3, -0.25) is 4.90 Å². The van der Waals surface area contributed by atoms with E-state index in [2.05, 4.69) is 22.3 Å².